The van der Waals surface area contributed by atoms with Crippen LogP contribution in [0.5, 0.6) is 0 Å². The highest BCUT2D eigenvalue weighted by molar-refractivity contribution is 5.84. The Hall–Kier alpha value is -2.26. The van der Waals surface area contributed by atoms with Gasteiger partial charge >= 0.3 is 0 Å². The van der Waals surface area contributed by atoms with Crippen molar-refractivity contribution in [3.8, 4) is 6.07 Å². The monoisotopic (exact) mass is 246 g/mol. The molecule has 1 aromatic rings. The lowest BCUT2D eigenvalue weighted by atomic mass is 10.1. The van der Waals surface area contributed by atoms with Crippen molar-refractivity contribution in [2.45, 2.75) is 6.04 Å². The van der Waals surface area contributed by atoms with E-state index in [1.807, 2.05) is 11.0 Å². The van der Waals surface area contributed by atoms with Crippen molar-refractivity contribution in [3.63, 3.8) is 0 Å². The highest BCUT2D eigenvalue weighted by atomic mass is 16.5. The van der Waals surface area contributed by atoms with Crippen molar-refractivity contribution >= 4 is 17.3 Å². The first-order chi connectivity index (χ1) is 8.63. The van der Waals surface area contributed by atoms with Crippen molar-refractivity contribution in [1.82, 2.24) is 0 Å². The van der Waals surface area contributed by atoms with Gasteiger partial charge in [0.1, 0.15) is 12.1 Å². The Kier molecular flexibility index (Phi) is 3.35. The number of benzene rings is 1. The van der Waals surface area contributed by atoms with Crippen molar-refractivity contribution in [2.24, 2.45) is 5.73 Å². The van der Waals surface area contributed by atoms with Crippen LogP contribution in [-0.2, 0) is 9.53 Å². The number of carbonyl (C=O) groups excluding carboxylic acids is 1. The van der Waals surface area contributed by atoms with Gasteiger partial charge in [-0.15, -0.1) is 0 Å². The number of hydrogen-bond donors (Lipinski definition) is 2. The van der Waals surface area contributed by atoms with Gasteiger partial charge in [-0.3, -0.25) is 4.79 Å². The maximum absolute atomic E-state index is 11.4. The minimum absolute atomic E-state index is 0.273. The topological polar surface area (TPSA) is 105 Å². The van der Waals surface area contributed by atoms with Gasteiger partial charge in [-0.1, -0.05) is 0 Å². The summed E-state index contributed by atoms with van der Waals surface area (Å²) in [7, 11) is 0. The van der Waals surface area contributed by atoms with Gasteiger partial charge in [0.2, 0.25) is 5.91 Å². The molecule has 0 aliphatic carbocycles. The quantitative estimate of drug-likeness (QED) is 0.705. The molecule has 2 rings (SSSR count). The lowest BCUT2D eigenvalue weighted by Gasteiger charge is -2.35. The van der Waals surface area contributed by atoms with E-state index in [9.17, 15) is 4.79 Å². The van der Waals surface area contributed by atoms with E-state index in [1.54, 1.807) is 18.2 Å². The average molecular weight is 246 g/mol. The summed E-state index contributed by atoms with van der Waals surface area (Å²) in [5, 5.41) is 8.82. The maximum Gasteiger partial charge on any atom is 0.242 e. The molecule has 1 unspecified atom stereocenters. The summed E-state index contributed by atoms with van der Waals surface area (Å²) in [6.07, 6.45) is 0. The van der Waals surface area contributed by atoms with Crippen molar-refractivity contribution < 1.29 is 9.53 Å². The van der Waals surface area contributed by atoms with Gasteiger partial charge in [0, 0.05) is 12.2 Å². The molecule has 1 fully saturated rings. The molecular weight excluding hydrogens is 232 g/mol. The highest BCUT2D eigenvalue weighted by Gasteiger charge is 2.28. The summed E-state index contributed by atoms with van der Waals surface area (Å²) in [6.45, 7) is 1.37. The molecule has 1 aliphatic rings. The molecule has 4 N–H and O–H groups in total. The van der Waals surface area contributed by atoms with Gasteiger partial charge in [0.25, 0.3) is 0 Å². The lowest BCUT2D eigenvalue weighted by Crippen LogP contribution is -2.52. The molecule has 1 amide bonds. The van der Waals surface area contributed by atoms with Crippen LogP contribution in [0.25, 0.3) is 0 Å². The van der Waals surface area contributed by atoms with Crippen LogP contribution >= 0.6 is 0 Å². The molecule has 18 heavy (non-hydrogen) atoms. The number of nitrogen functional groups attached to an aromatic ring is 1. The smallest absolute Gasteiger partial charge is 0.242 e. The Bertz CT molecular complexity index is 509. The number of nitriles is 1. The molecule has 6 nitrogen and oxygen atoms in total. The van der Waals surface area contributed by atoms with Crippen LogP contribution in [0.1, 0.15) is 5.56 Å². The second kappa shape index (κ2) is 4.94. The molecule has 1 saturated heterocycles. The van der Waals surface area contributed by atoms with E-state index in [1.165, 1.54) is 0 Å². The van der Waals surface area contributed by atoms with Crippen LogP contribution in [0.2, 0.25) is 0 Å². The van der Waals surface area contributed by atoms with E-state index >= 15 is 0 Å². The van der Waals surface area contributed by atoms with E-state index < -0.39 is 11.9 Å². The normalized spacial score (nSPS) is 19.3. The fourth-order valence-electron chi connectivity index (χ4n) is 1.98. The predicted octanol–water partition coefficient (Wildman–Crippen LogP) is -0.169. The van der Waals surface area contributed by atoms with E-state index in [2.05, 4.69) is 0 Å². The van der Waals surface area contributed by atoms with E-state index in [0.717, 1.165) is 5.69 Å². The number of nitrogens with two attached hydrogens (primary N) is 2. The molecule has 1 aromatic carbocycles. The zero-order chi connectivity index (χ0) is 13.1. The van der Waals surface area contributed by atoms with Gasteiger partial charge in [-0.25, -0.2) is 0 Å². The summed E-state index contributed by atoms with van der Waals surface area (Å²) in [6, 6.07) is 6.58. The first-order valence-corrected chi connectivity index (χ1v) is 5.57. The minimum Gasteiger partial charge on any atom is -0.398 e. The van der Waals surface area contributed by atoms with Crippen LogP contribution in [-0.4, -0.2) is 31.7 Å². The van der Waals surface area contributed by atoms with Crippen LogP contribution in [0.3, 0.4) is 0 Å². The van der Waals surface area contributed by atoms with Crippen LogP contribution in [0, 0.1) is 11.3 Å². The fraction of sp³-hybridized carbons (Fsp3) is 0.333. The van der Waals surface area contributed by atoms with E-state index in [-0.39, 0.29) is 6.61 Å². The second-order valence-electron chi connectivity index (χ2n) is 4.07. The van der Waals surface area contributed by atoms with E-state index in [0.29, 0.717) is 24.4 Å². The molecule has 0 spiro atoms. The zero-order valence-corrected chi connectivity index (χ0v) is 9.80. The number of hydrogen-bond acceptors (Lipinski definition) is 5. The maximum atomic E-state index is 11.4. The molecule has 0 saturated carbocycles. The van der Waals surface area contributed by atoms with Gasteiger partial charge < -0.3 is 21.1 Å². The number of anilines is 2. The van der Waals surface area contributed by atoms with E-state index in [4.69, 9.17) is 21.5 Å². The Balaban J connectivity index is 2.32. The highest BCUT2D eigenvalue weighted by Crippen LogP contribution is 2.24. The van der Waals surface area contributed by atoms with Crippen molar-refractivity contribution in [3.05, 3.63) is 23.8 Å². The molecule has 1 heterocycles. The fourth-order valence-corrected chi connectivity index (χ4v) is 1.98. The molecule has 0 bridgehead atoms. The number of morpholine rings is 1. The third kappa shape index (κ3) is 2.21. The third-order valence-corrected chi connectivity index (χ3v) is 2.94. The predicted molar refractivity (Wildman–Crippen MR) is 66.7 cm³/mol. The van der Waals surface area contributed by atoms with Gasteiger partial charge in [0.15, 0.2) is 0 Å². The second-order valence-corrected chi connectivity index (χ2v) is 4.07. The molecule has 1 atom stereocenters. The number of carbonyl (C=O) groups is 1. The number of amides is 1. The summed E-state index contributed by atoms with van der Waals surface area (Å²) >= 11 is 0. The zero-order valence-electron chi connectivity index (χ0n) is 9.80. The van der Waals surface area contributed by atoms with Gasteiger partial charge in [0.05, 0.1) is 24.5 Å². The Morgan fingerprint density at radius 3 is 2.94 bits per heavy atom. The Morgan fingerprint density at radius 1 is 1.56 bits per heavy atom. The van der Waals surface area contributed by atoms with Crippen LogP contribution in [0.4, 0.5) is 11.4 Å². The number of primary amides is 1. The third-order valence-electron chi connectivity index (χ3n) is 2.94. The Labute approximate surface area is 105 Å². The van der Waals surface area contributed by atoms with Gasteiger partial charge in [-0.05, 0) is 18.2 Å². The molecule has 6 heteroatoms. The minimum atomic E-state index is -0.494. The first kappa shape index (κ1) is 12.2. The molecule has 0 aromatic heterocycles. The molecule has 0 radical (unpaired) electrons. The average Bonchev–Trinajstić information content (AvgIpc) is 2.38. The molecule has 94 valence electrons. The SMILES string of the molecule is N#Cc1ccc(N2CCOCC2C(N)=O)cc1N. The number of ether oxygens (including phenoxy) is 1. The van der Waals surface area contributed by atoms with Crippen LogP contribution in [0.15, 0.2) is 18.2 Å². The summed E-state index contributed by atoms with van der Waals surface area (Å²) in [4.78, 5) is 13.2. The van der Waals surface area contributed by atoms with Gasteiger partial charge in [-0.2, -0.15) is 5.26 Å². The first-order valence-electron chi connectivity index (χ1n) is 5.57. The number of rotatable bonds is 2. The summed E-state index contributed by atoms with van der Waals surface area (Å²) < 4.78 is 5.24. The summed E-state index contributed by atoms with van der Waals surface area (Å²) in [5.41, 5.74) is 12.7. The Morgan fingerprint density at radius 2 is 2.33 bits per heavy atom. The summed E-state index contributed by atoms with van der Waals surface area (Å²) in [5.74, 6) is -0.433. The molecule has 1 aliphatic heterocycles. The lowest BCUT2D eigenvalue weighted by molar-refractivity contribution is -0.121. The van der Waals surface area contributed by atoms with Crippen LogP contribution < -0.4 is 16.4 Å². The number of nitrogens with zero attached hydrogens (tertiary/aromatic N) is 2. The standard InChI is InChI=1S/C12H14N4O2/c13-6-8-1-2-9(5-10(8)14)16-3-4-18-7-11(16)12(15)17/h1-2,5,11H,3-4,7,14H2,(H2,15,17). The van der Waals surface area contributed by atoms with Crippen molar-refractivity contribution in [1.29, 1.82) is 5.26 Å². The van der Waals surface area contributed by atoms with Crippen molar-refractivity contribution in [2.75, 3.05) is 30.4 Å². The largest absolute Gasteiger partial charge is 0.398 e. The molecular formula is C12H14N4O2.